The second-order valence-electron chi connectivity index (χ2n) is 8.63. The van der Waals surface area contributed by atoms with Gasteiger partial charge in [-0.3, -0.25) is 4.98 Å². The van der Waals surface area contributed by atoms with E-state index in [-0.39, 0.29) is 0 Å². The molecular formula is C24H31N5. The third-order valence-electron chi connectivity index (χ3n) is 6.24. The van der Waals surface area contributed by atoms with E-state index in [4.69, 9.17) is 4.98 Å². The molecule has 3 heterocycles. The van der Waals surface area contributed by atoms with Crippen molar-refractivity contribution in [2.75, 3.05) is 6.54 Å². The number of fused-ring (bicyclic) bond motifs is 1. The zero-order chi connectivity index (χ0) is 20.2. The summed E-state index contributed by atoms with van der Waals surface area (Å²) in [7, 11) is 0. The van der Waals surface area contributed by atoms with Gasteiger partial charge in [0.1, 0.15) is 5.82 Å². The van der Waals surface area contributed by atoms with Crippen LogP contribution in [-0.2, 0) is 13.0 Å². The number of hydrogen-bond acceptors (Lipinski definition) is 4. The normalized spacial score (nSPS) is 22.2. The average Bonchev–Trinajstić information content (AvgIpc) is 3.13. The van der Waals surface area contributed by atoms with E-state index in [0.29, 0.717) is 23.7 Å². The number of aromatic nitrogens is 4. The maximum atomic E-state index is 4.70. The SMILES string of the molecule is CC1=C[C@@H](CNCc2ccccn2)[C@H](C(C)C)C[C@H]1Cc1nc2ncccc2[nH]1. The molecule has 0 aliphatic heterocycles. The predicted octanol–water partition coefficient (Wildman–Crippen LogP) is 4.54. The van der Waals surface area contributed by atoms with Crippen LogP contribution in [0.3, 0.4) is 0 Å². The highest BCUT2D eigenvalue weighted by molar-refractivity contribution is 5.69. The molecule has 0 saturated heterocycles. The molecule has 4 rings (SSSR count). The van der Waals surface area contributed by atoms with Crippen molar-refractivity contribution in [3.63, 3.8) is 0 Å². The van der Waals surface area contributed by atoms with Crippen LogP contribution in [0.5, 0.6) is 0 Å². The molecule has 0 radical (unpaired) electrons. The van der Waals surface area contributed by atoms with Crippen LogP contribution >= 0.6 is 0 Å². The highest BCUT2D eigenvalue weighted by Gasteiger charge is 2.31. The largest absolute Gasteiger partial charge is 0.341 e. The number of imidazole rings is 1. The van der Waals surface area contributed by atoms with Crippen LogP contribution in [0.15, 0.2) is 54.4 Å². The molecule has 152 valence electrons. The molecule has 0 unspecified atom stereocenters. The van der Waals surface area contributed by atoms with Crippen molar-refractivity contribution in [2.45, 2.75) is 40.2 Å². The molecule has 5 nitrogen and oxygen atoms in total. The summed E-state index contributed by atoms with van der Waals surface area (Å²) in [4.78, 5) is 16.9. The Hall–Kier alpha value is -2.53. The molecule has 3 aromatic rings. The first kappa shape index (κ1) is 19.8. The molecule has 0 amide bonds. The summed E-state index contributed by atoms with van der Waals surface area (Å²) in [6.45, 7) is 8.82. The number of nitrogens with one attached hydrogen (secondary N) is 2. The minimum absolute atomic E-state index is 0.537. The molecule has 0 bridgehead atoms. The van der Waals surface area contributed by atoms with Crippen molar-refractivity contribution in [3.8, 4) is 0 Å². The maximum Gasteiger partial charge on any atom is 0.177 e. The van der Waals surface area contributed by atoms with Gasteiger partial charge in [0.15, 0.2) is 5.65 Å². The van der Waals surface area contributed by atoms with E-state index in [2.05, 4.69) is 53.2 Å². The van der Waals surface area contributed by atoms with Crippen LogP contribution in [0.2, 0.25) is 0 Å². The quantitative estimate of drug-likeness (QED) is 0.582. The van der Waals surface area contributed by atoms with Gasteiger partial charge >= 0.3 is 0 Å². The molecule has 1 aliphatic rings. The number of hydrogen-bond donors (Lipinski definition) is 2. The van der Waals surface area contributed by atoms with Crippen LogP contribution in [0.25, 0.3) is 11.2 Å². The topological polar surface area (TPSA) is 66.5 Å². The van der Waals surface area contributed by atoms with Crippen molar-refractivity contribution >= 4 is 11.2 Å². The first-order valence-electron chi connectivity index (χ1n) is 10.7. The van der Waals surface area contributed by atoms with Gasteiger partial charge in [-0.25, -0.2) is 9.97 Å². The first-order chi connectivity index (χ1) is 14.1. The lowest BCUT2D eigenvalue weighted by atomic mass is 9.70. The zero-order valence-electron chi connectivity index (χ0n) is 17.6. The molecule has 3 atom stereocenters. The lowest BCUT2D eigenvalue weighted by molar-refractivity contribution is 0.221. The van der Waals surface area contributed by atoms with Crippen LogP contribution in [0, 0.1) is 23.7 Å². The third kappa shape index (κ3) is 4.73. The highest BCUT2D eigenvalue weighted by atomic mass is 15.0. The molecular weight excluding hydrogens is 358 g/mol. The van der Waals surface area contributed by atoms with Crippen molar-refractivity contribution in [1.82, 2.24) is 25.3 Å². The molecule has 5 heteroatoms. The summed E-state index contributed by atoms with van der Waals surface area (Å²) < 4.78 is 0. The smallest absolute Gasteiger partial charge is 0.177 e. The predicted molar refractivity (Wildman–Crippen MR) is 117 cm³/mol. The number of H-pyrrole nitrogens is 1. The van der Waals surface area contributed by atoms with Crippen LogP contribution < -0.4 is 5.32 Å². The Bertz CT molecular complexity index is 927. The Kier molecular flexibility index (Phi) is 6.05. The standard InChI is InChI=1S/C24H31N5/c1-16(2)21-12-18(13-23-28-22-8-6-10-27-24(22)29-23)17(3)11-19(21)14-25-15-20-7-4-5-9-26-20/h4-11,16,18-19,21,25H,12-15H2,1-3H3,(H,27,28,29)/t18-,19-,21-/m0/s1. The summed E-state index contributed by atoms with van der Waals surface area (Å²) >= 11 is 0. The van der Waals surface area contributed by atoms with Crippen LogP contribution in [-0.4, -0.2) is 26.5 Å². The van der Waals surface area contributed by atoms with Gasteiger partial charge in [0.05, 0.1) is 11.2 Å². The zero-order valence-corrected chi connectivity index (χ0v) is 17.6. The number of aromatic amines is 1. The van der Waals surface area contributed by atoms with E-state index in [1.54, 1.807) is 6.20 Å². The lowest BCUT2D eigenvalue weighted by Gasteiger charge is -2.37. The third-order valence-corrected chi connectivity index (χ3v) is 6.24. The molecule has 0 aromatic carbocycles. The van der Waals surface area contributed by atoms with Gasteiger partial charge in [0.25, 0.3) is 0 Å². The fourth-order valence-corrected chi connectivity index (χ4v) is 4.60. The summed E-state index contributed by atoms with van der Waals surface area (Å²) in [6.07, 6.45) is 8.33. The van der Waals surface area contributed by atoms with Gasteiger partial charge in [-0.1, -0.05) is 31.6 Å². The Labute approximate surface area is 173 Å². The highest BCUT2D eigenvalue weighted by Crippen LogP contribution is 2.38. The average molecular weight is 390 g/mol. The van der Waals surface area contributed by atoms with Gasteiger partial charge < -0.3 is 10.3 Å². The van der Waals surface area contributed by atoms with E-state index in [1.807, 2.05) is 30.5 Å². The summed E-state index contributed by atoms with van der Waals surface area (Å²) in [5, 5.41) is 3.63. The Morgan fingerprint density at radius 1 is 1.14 bits per heavy atom. The van der Waals surface area contributed by atoms with Crippen LogP contribution in [0.1, 0.15) is 38.7 Å². The summed E-state index contributed by atoms with van der Waals surface area (Å²) in [6, 6.07) is 10.1. The van der Waals surface area contributed by atoms with Gasteiger partial charge in [-0.2, -0.15) is 0 Å². The fraction of sp³-hybridized carbons (Fsp3) is 0.458. The van der Waals surface area contributed by atoms with Gasteiger partial charge in [-0.15, -0.1) is 0 Å². The number of pyridine rings is 2. The van der Waals surface area contributed by atoms with Crippen LogP contribution in [0.4, 0.5) is 0 Å². The fourth-order valence-electron chi connectivity index (χ4n) is 4.60. The van der Waals surface area contributed by atoms with Crippen molar-refractivity contribution in [1.29, 1.82) is 0 Å². The van der Waals surface area contributed by atoms with Gasteiger partial charge in [0.2, 0.25) is 0 Å². The maximum absolute atomic E-state index is 4.70. The van der Waals surface area contributed by atoms with Gasteiger partial charge in [-0.05, 0) is 61.3 Å². The lowest BCUT2D eigenvalue weighted by Crippen LogP contribution is -2.34. The molecule has 0 saturated carbocycles. The second-order valence-corrected chi connectivity index (χ2v) is 8.63. The molecule has 3 aromatic heterocycles. The monoisotopic (exact) mass is 389 g/mol. The molecule has 1 aliphatic carbocycles. The van der Waals surface area contributed by atoms with Crippen molar-refractivity contribution in [3.05, 3.63) is 65.9 Å². The molecule has 2 N–H and O–H groups in total. The first-order valence-corrected chi connectivity index (χ1v) is 10.7. The van der Waals surface area contributed by atoms with Crippen molar-refractivity contribution in [2.24, 2.45) is 23.7 Å². The minimum atomic E-state index is 0.537. The van der Waals surface area contributed by atoms with E-state index in [0.717, 1.165) is 42.2 Å². The number of allylic oxidation sites excluding steroid dienone is 1. The molecule has 0 fully saturated rings. The Morgan fingerprint density at radius 2 is 2.00 bits per heavy atom. The number of nitrogens with zero attached hydrogens (tertiary/aromatic N) is 3. The Morgan fingerprint density at radius 3 is 2.76 bits per heavy atom. The Balaban J connectivity index is 1.43. The summed E-state index contributed by atoms with van der Waals surface area (Å²) in [5.74, 6) is 3.47. The number of rotatable bonds is 7. The minimum Gasteiger partial charge on any atom is -0.341 e. The van der Waals surface area contributed by atoms with E-state index < -0.39 is 0 Å². The van der Waals surface area contributed by atoms with E-state index >= 15 is 0 Å². The molecule has 29 heavy (non-hydrogen) atoms. The van der Waals surface area contributed by atoms with Crippen molar-refractivity contribution < 1.29 is 0 Å². The van der Waals surface area contributed by atoms with E-state index in [1.165, 1.54) is 12.0 Å². The summed E-state index contributed by atoms with van der Waals surface area (Å²) in [5.41, 5.74) is 4.43. The second kappa shape index (κ2) is 8.87. The van der Waals surface area contributed by atoms with Gasteiger partial charge in [0, 0.05) is 31.9 Å². The molecule has 0 spiro atoms. The van der Waals surface area contributed by atoms with E-state index in [9.17, 15) is 0 Å².